The summed E-state index contributed by atoms with van der Waals surface area (Å²) in [6.07, 6.45) is 0. The number of ether oxygens (including phenoxy) is 1. The van der Waals surface area contributed by atoms with Crippen molar-refractivity contribution in [3.05, 3.63) is 45.2 Å². The fourth-order valence-corrected chi connectivity index (χ4v) is 2.52. The minimum atomic E-state index is -0.472. The quantitative estimate of drug-likeness (QED) is 0.667. The Hall–Kier alpha value is -2.52. The van der Waals surface area contributed by atoms with E-state index in [-0.39, 0.29) is 30.3 Å². The Balaban J connectivity index is 2.50. The normalized spacial score (nSPS) is 10.5. The molecule has 1 amide bonds. The zero-order valence-corrected chi connectivity index (χ0v) is 13.8. The lowest BCUT2D eigenvalue weighted by atomic mass is 10.1. The molecule has 9 heteroatoms. The van der Waals surface area contributed by atoms with Crippen molar-refractivity contribution >= 4 is 18.1 Å². The zero-order valence-electron chi connectivity index (χ0n) is 13.0. The first-order valence-corrected chi connectivity index (χ1v) is 7.52. The fourth-order valence-electron chi connectivity index (χ4n) is 2.23. The largest absolute Gasteiger partial charge is 0.496 e. The Labute approximate surface area is 142 Å². The molecule has 0 aliphatic heterocycles. The van der Waals surface area contributed by atoms with Gasteiger partial charge in [0.25, 0.3) is 5.56 Å². The van der Waals surface area contributed by atoms with Gasteiger partial charge in [-0.2, -0.15) is 0 Å². The molecule has 0 spiro atoms. The molecule has 4 N–H and O–H groups in total. The highest BCUT2D eigenvalue weighted by Crippen LogP contribution is 2.29. The summed E-state index contributed by atoms with van der Waals surface area (Å²) < 4.78 is 20.6. The molecule has 1 aromatic carbocycles. The van der Waals surface area contributed by atoms with Crippen LogP contribution in [-0.4, -0.2) is 35.7 Å². The Bertz CT molecular complexity index is 863. The van der Waals surface area contributed by atoms with Crippen LogP contribution in [0.3, 0.4) is 0 Å². The second-order valence-electron chi connectivity index (χ2n) is 4.87. The monoisotopic (exact) mass is 352 g/mol. The van der Waals surface area contributed by atoms with Crippen LogP contribution in [0.4, 0.5) is 4.39 Å². The number of hydrogen-bond acceptors (Lipinski definition) is 5. The number of H-pyrrole nitrogens is 1. The first kappa shape index (κ1) is 17.8. The molecule has 0 aliphatic rings. The number of carbonyl (C=O) groups is 1. The van der Waals surface area contributed by atoms with E-state index in [1.54, 1.807) is 4.57 Å². The summed E-state index contributed by atoms with van der Waals surface area (Å²) in [6.45, 7) is 0.402. The van der Waals surface area contributed by atoms with Crippen molar-refractivity contribution in [1.82, 2.24) is 14.9 Å². The number of nitrogens with two attached hydrogens (primary N) is 1. The Morgan fingerprint density at radius 2 is 2.21 bits per heavy atom. The third-order valence-corrected chi connectivity index (χ3v) is 3.64. The van der Waals surface area contributed by atoms with Gasteiger partial charge < -0.3 is 20.4 Å². The maximum Gasteiger partial charge on any atom is 0.252 e. The Kier molecular flexibility index (Phi) is 5.83. The molecule has 24 heavy (non-hydrogen) atoms. The molecule has 0 fully saturated rings. The second-order valence-corrected chi connectivity index (χ2v) is 5.26. The van der Waals surface area contributed by atoms with Gasteiger partial charge in [0.1, 0.15) is 11.6 Å². The summed E-state index contributed by atoms with van der Waals surface area (Å²) >= 11 is 5.18. The third-order valence-electron chi connectivity index (χ3n) is 3.31. The van der Waals surface area contributed by atoms with E-state index in [0.29, 0.717) is 17.0 Å². The summed E-state index contributed by atoms with van der Waals surface area (Å²) in [7, 11) is 1.45. The first-order chi connectivity index (χ1) is 11.5. The van der Waals surface area contributed by atoms with Crippen molar-refractivity contribution < 1.29 is 13.9 Å². The molecule has 128 valence electrons. The lowest BCUT2D eigenvalue weighted by Crippen LogP contribution is -2.33. The number of nitrogens with zero attached hydrogens (tertiary/aromatic N) is 1. The van der Waals surface area contributed by atoms with Crippen LogP contribution in [0.25, 0.3) is 11.3 Å². The van der Waals surface area contributed by atoms with Gasteiger partial charge >= 0.3 is 0 Å². The van der Waals surface area contributed by atoms with Crippen LogP contribution in [0, 0.1) is 10.6 Å². The van der Waals surface area contributed by atoms with Crippen LogP contribution in [0.2, 0.25) is 0 Å². The maximum absolute atomic E-state index is 13.7. The summed E-state index contributed by atoms with van der Waals surface area (Å²) in [5, 5.41) is 2.61. The van der Waals surface area contributed by atoms with E-state index >= 15 is 0 Å². The second kappa shape index (κ2) is 7.84. The maximum atomic E-state index is 13.7. The molecule has 2 aromatic rings. The highest BCUT2D eigenvalue weighted by Gasteiger charge is 2.13. The Morgan fingerprint density at radius 3 is 2.88 bits per heavy atom. The number of aromatic nitrogens is 2. The number of halogens is 1. The molecule has 0 radical (unpaired) electrons. The smallest absolute Gasteiger partial charge is 0.252 e. The van der Waals surface area contributed by atoms with Crippen LogP contribution >= 0.6 is 12.2 Å². The topological polar surface area (TPSA) is 102 Å². The van der Waals surface area contributed by atoms with Gasteiger partial charge in [-0.05, 0) is 30.4 Å². The van der Waals surface area contributed by atoms with Crippen LogP contribution in [0.5, 0.6) is 5.75 Å². The van der Waals surface area contributed by atoms with E-state index in [2.05, 4.69) is 10.3 Å². The highest BCUT2D eigenvalue weighted by molar-refractivity contribution is 7.71. The number of rotatable bonds is 6. The molecule has 0 atom stereocenters. The molecule has 7 nitrogen and oxygen atoms in total. The van der Waals surface area contributed by atoms with Crippen LogP contribution in [0.15, 0.2) is 29.1 Å². The number of carbonyl (C=O) groups excluding carboxylic acids is 1. The van der Waals surface area contributed by atoms with E-state index in [9.17, 15) is 14.0 Å². The number of amides is 1. The highest BCUT2D eigenvalue weighted by atomic mass is 32.1. The lowest BCUT2D eigenvalue weighted by molar-refractivity contribution is -0.119. The average Bonchev–Trinajstić information content (AvgIpc) is 2.56. The summed E-state index contributed by atoms with van der Waals surface area (Å²) in [5.41, 5.74) is 5.60. The van der Waals surface area contributed by atoms with E-state index in [0.717, 1.165) is 0 Å². The van der Waals surface area contributed by atoms with Crippen molar-refractivity contribution in [3.63, 3.8) is 0 Å². The van der Waals surface area contributed by atoms with E-state index in [1.807, 2.05) is 0 Å². The zero-order chi connectivity index (χ0) is 17.7. The van der Waals surface area contributed by atoms with Gasteiger partial charge in [-0.25, -0.2) is 4.39 Å². The molecule has 2 rings (SSSR count). The predicted octanol–water partition coefficient (Wildman–Crippen LogP) is 0.795. The van der Waals surface area contributed by atoms with Gasteiger partial charge in [-0.1, -0.05) is 0 Å². The molecule has 0 saturated heterocycles. The van der Waals surface area contributed by atoms with Crippen molar-refractivity contribution in [3.8, 4) is 17.0 Å². The van der Waals surface area contributed by atoms with Crippen molar-refractivity contribution in [2.45, 2.75) is 6.54 Å². The van der Waals surface area contributed by atoms with Gasteiger partial charge in [0.15, 0.2) is 4.77 Å². The molecule has 0 unspecified atom stereocenters. The van der Waals surface area contributed by atoms with Gasteiger partial charge in [0.2, 0.25) is 5.91 Å². The fraction of sp³-hybridized carbons (Fsp3) is 0.267. The van der Waals surface area contributed by atoms with Crippen LogP contribution in [0.1, 0.15) is 0 Å². The van der Waals surface area contributed by atoms with Gasteiger partial charge in [0, 0.05) is 24.7 Å². The van der Waals surface area contributed by atoms with Gasteiger partial charge in [-0.3, -0.25) is 14.6 Å². The van der Waals surface area contributed by atoms with Gasteiger partial charge in [-0.15, -0.1) is 0 Å². The lowest BCUT2D eigenvalue weighted by Gasteiger charge is -2.16. The molecule has 1 aromatic heterocycles. The van der Waals surface area contributed by atoms with Crippen molar-refractivity contribution in [2.75, 3.05) is 20.2 Å². The van der Waals surface area contributed by atoms with Crippen LogP contribution in [-0.2, 0) is 11.3 Å². The predicted molar refractivity (Wildman–Crippen MR) is 89.9 cm³/mol. The van der Waals surface area contributed by atoms with E-state index in [1.165, 1.54) is 31.4 Å². The van der Waals surface area contributed by atoms with Crippen molar-refractivity contribution in [2.24, 2.45) is 5.73 Å². The number of methoxy groups -OCH3 is 1. The van der Waals surface area contributed by atoms with Crippen LogP contribution < -0.4 is 21.3 Å². The molecule has 0 bridgehead atoms. The number of benzene rings is 1. The minimum Gasteiger partial charge on any atom is -0.496 e. The van der Waals surface area contributed by atoms with E-state index in [4.69, 9.17) is 22.7 Å². The molecular formula is C15H17FN4O3S. The van der Waals surface area contributed by atoms with E-state index < -0.39 is 11.4 Å². The first-order valence-electron chi connectivity index (χ1n) is 7.11. The minimum absolute atomic E-state index is 0.123. The van der Waals surface area contributed by atoms with Crippen molar-refractivity contribution in [1.29, 1.82) is 0 Å². The summed E-state index contributed by atoms with van der Waals surface area (Å²) in [4.78, 5) is 25.5. The molecule has 0 aliphatic carbocycles. The number of aromatic amines is 1. The number of nitrogens with one attached hydrogen (secondary N) is 2. The summed E-state index contributed by atoms with van der Waals surface area (Å²) in [5.74, 6) is -0.382. The average molecular weight is 352 g/mol. The number of hydrogen-bond donors (Lipinski definition) is 3. The molecular weight excluding hydrogens is 335 g/mol. The third kappa shape index (κ3) is 4.06. The molecule has 0 saturated carbocycles. The van der Waals surface area contributed by atoms with Gasteiger partial charge in [0.05, 0.1) is 19.3 Å². The summed E-state index contributed by atoms with van der Waals surface area (Å²) in [6, 6.07) is 5.29. The molecule has 1 heterocycles. The standard InChI is InChI=1S/C15H17FN4O3S/c1-23-12-3-2-9(16)6-10(12)11-7-13(21)19-15(24)20(11)5-4-18-14(22)8-17/h2-3,6-7H,4-5,8,17H2,1H3,(H,18,22)(H,19,21,24). The SMILES string of the molecule is COc1ccc(F)cc1-c1cc(=O)[nH]c(=S)n1CCNC(=O)CN. The Morgan fingerprint density at radius 1 is 1.46 bits per heavy atom.